The fourth-order valence-electron chi connectivity index (χ4n) is 4.25. The molecule has 0 unspecified atom stereocenters. The standard InChI is InChI=1S/C20H22F2N6O4S2/c1-19(2-3-19)26-34(29,30)12-6-13(27-4-5-32-20(9-27)10-31-11-20)14-7-23-16(28(14)8-12)18-25-24-17(33-18)15(21)22/h6-8,15,26H,2-5,9-11H2,1H3. The van der Waals surface area contributed by atoms with Crippen molar-refractivity contribution in [3.05, 3.63) is 23.5 Å². The van der Waals surface area contributed by atoms with E-state index < -0.39 is 32.6 Å². The van der Waals surface area contributed by atoms with Crippen LogP contribution in [0.2, 0.25) is 0 Å². The Bertz CT molecular complexity index is 1370. The number of alkyl halides is 2. The quantitative estimate of drug-likeness (QED) is 0.535. The fraction of sp³-hybridized carbons (Fsp3) is 0.550. The highest BCUT2D eigenvalue weighted by Crippen LogP contribution is 2.38. The van der Waals surface area contributed by atoms with E-state index >= 15 is 0 Å². The number of imidazole rings is 1. The van der Waals surface area contributed by atoms with E-state index in [1.165, 1.54) is 6.20 Å². The van der Waals surface area contributed by atoms with Crippen molar-refractivity contribution in [3.63, 3.8) is 0 Å². The van der Waals surface area contributed by atoms with Crippen LogP contribution in [0.3, 0.4) is 0 Å². The van der Waals surface area contributed by atoms with E-state index in [-0.39, 0.29) is 15.7 Å². The fourth-order valence-corrected chi connectivity index (χ4v) is 6.43. The van der Waals surface area contributed by atoms with E-state index in [4.69, 9.17) is 9.47 Å². The zero-order valence-electron chi connectivity index (χ0n) is 18.2. The molecule has 10 nitrogen and oxygen atoms in total. The molecule has 3 aliphatic rings. The van der Waals surface area contributed by atoms with Gasteiger partial charge in [-0.1, -0.05) is 11.3 Å². The molecule has 1 saturated carbocycles. The van der Waals surface area contributed by atoms with Gasteiger partial charge in [-0.2, -0.15) is 0 Å². The largest absolute Gasteiger partial charge is 0.375 e. The number of sulfonamides is 1. The SMILES string of the molecule is CC1(NS(=O)(=O)c2cc(N3CCOC4(COC4)C3)c3cnc(-c4nnc(C(F)F)s4)n3c2)CC1. The Balaban J connectivity index is 1.49. The lowest BCUT2D eigenvalue weighted by atomic mass is 9.99. The summed E-state index contributed by atoms with van der Waals surface area (Å²) < 4.78 is 68.4. The molecule has 3 fully saturated rings. The Hall–Kier alpha value is -2.26. The Morgan fingerprint density at radius 2 is 2.06 bits per heavy atom. The van der Waals surface area contributed by atoms with E-state index in [1.807, 2.05) is 6.92 Å². The van der Waals surface area contributed by atoms with Gasteiger partial charge in [-0.25, -0.2) is 26.9 Å². The second kappa shape index (κ2) is 7.62. The minimum absolute atomic E-state index is 0.0615. The molecule has 3 aromatic heterocycles. The zero-order valence-corrected chi connectivity index (χ0v) is 19.8. The smallest absolute Gasteiger partial charge is 0.291 e. The first-order valence-corrected chi connectivity index (χ1v) is 13.1. The molecule has 182 valence electrons. The number of nitrogens with one attached hydrogen (secondary N) is 1. The summed E-state index contributed by atoms with van der Waals surface area (Å²) in [6.45, 7) is 4.37. The van der Waals surface area contributed by atoms with Gasteiger partial charge >= 0.3 is 0 Å². The van der Waals surface area contributed by atoms with Gasteiger partial charge in [-0.15, -0.1) is 10.2 Å². The summed E-state index contributed by atoms with van der Waals surface area (Å²) in [4.78, 5) is 6.53. The summed E-state index contributed by atoms with van der Waals surface area (Å²) in [5.74, 6) is 0.255. The average molecular weight is 513 g/mol. The van der Waals surface area contributed by atoms with Crippen molar-refractivity contribution >= 4 is 32.6 Å². The zero-order chi connectivity index (χ0) is 23.7. The molecular weight excluding hydrogens is 490 g/mol. The highest BCUT2D eigenvalue weighted by atomic mass is 32.2. The molecule has 0 atom stereocenters. The minimum Gasteiger partial charge on any atom is -0.375 e. The van der Waals surface area contributed by atoms with Crippen molar-refractivity contribution in [2.24, 2.45) is 0 Å². The number of hydrogen-bond donors (Lipinski definition) is 1. The number of morpholine rings is 1. The second-order valence-corrected chi connectivity index (χ2v) is 11.9. The first kappa shape index (κ1) is 22.2. The predicted octanol–water partition coefficient (Wildman–Crippen LogP) is 2.23. The summed E-state index contributed by atoms with van der Waals surface area (Å²) in [6.07, 6.45) is 1.85. The third-order valence-corrected chi connectivity index (χ3v) is 8.96. The van der Waals surface area contributed by atoms with Crippen molar-refractivity contribution in [2.75, 3.05) is 37.8 Å². The van der Waals surface area contributed by atoms with Gasteiger partial charge in [0.2, 0.25) is 10.0 Å². The van der Waals surface area contributed by atoms with E-state index in [0.717, 1.165) is 24.2 Å². The summed E-state index contributed by atoms with van der Waals surface area (Å²) >= 11 is 0.730. The van der Waals surface area contributed by atoms with E-state index in [9.17, 15) is 17.2 Å². The van der Waals surface area contributed by atoms with Gasteiger partial charge < -0.3 is 14.4 Å². The number of hydrogen-bond acceptors (Lipinski definition) is 9. The van der Waals surface area contributed by atoms with Gasteiger partial charge in [0.15, 0.2) is 15.8 Å². The Labute approximate surface area is 197 Å². The minimum atomic E-state index is -3.85. The van der Waals surface area contributed by atoms with Crippen LogP contribution >= 0.6 is 11.3 Å². The van der Waals surface area contributed by atoms with Gasteiger partial charge in [-0.3, -0.25) is 4.40 Å². The number of halogens is 2. The van der Waals surface area contributed by atoms with Gasteiger partial charge in [0, 0.05) is 18.3 Å². The number of rotatable bonds is 6. The van der Waals surface area contributed by atoms with Crippen molar-refractivity contribution in [3.8, 4) is 10.8 Å². The third-order valence-electron chi connectivity index (χ3n) is 6.42. The molecule has 6 rings (SSSR count). The molecular formula is C20H22F2N6O4S2. The summed E-state index contributed by atoms with van der Waals surface area (Å²) in [7, 11) is -3.85. The van der Waals surface area contributed by atoms with Crippen molar-refractivity contribution in [2.45, 2.75) is 42.2 Å². The normalized spacial score (nSPS) is 21.4. The first-order valence-electron chi connectivity index (χ1n) is 10.8. The number of nitrogens with zero attached hydrogens (tertiary/aromatic N) is 5. The van der Waals surface area contributed by atoms with Gasteiger partial charge in [0.05, 0.1) is 43.8 Å². The lowest BCUT2D eigenvalue weighted by molar-refractivity contribution is -0.211. The van der Waals surface area contributed by atoms with Crippen LogP contribution in [0.25, 0.3) is 16.3 Å². The van der Waals surface area contributed by atoms with E-state index in [1.54, 1.807) is 16.7 Å². The third kappa shape index (κ3) is 3.77. The molecule has 2 saturated heterocycles. The molecule has 3 aromatic rings. The van der Waals surface area contributed by atoms with Crippen LogP contribution in [0.15, 0.2) is 23.4 Å². The van der Waals surface area contributed by atoms with Crippen LogP contribution in [-0.4, -0.2) is 72.0 Å². The number of fused-ring (bicyclic) bond motifs is 1. The molecule has 0 aromatic carbocycles. The molecule has 1 aliphatic carbocycles. The van der Waals surface area contributed by atoms with E-state index in [0.29, 0.717) is 44.1 Å². The van der Waals surface area contributed by atoms with Crippen LogP contribution in [0.5, 0.6) is 0 Å². The maximum absolute atomic E-state index is 13.3. The van der Waals surface area contributed by atoms with Gasteiger partial charge in [-0.05, 0) is 25.8 Å². The Morgan fingerprint density at radius 3 is 2.71 bits per heavy atom. The van der Waals surface area contributed by atoms with Gasteiger partial charge in [0.1, 0.15) is 10.5 Å². The molecule has 0 bridgehead atoms. The van der Waals surface area contributed by atoms with Crippen LogP contribution in [0, 0.1) is 0 Å². The lowest BCUT2D eigenvalue weighted by Gasteiger charge is -2.48. The highest BCUT2D eigenvalue weighted by molar-refractivity contribution is 7.89. The highest BCUT2D eigenvalue weighted by Gasteiger charge is 2.45. The average Bonchev–Trinajstić information content (AvgIpc) is 3.18. The van der Waals surface area contributed by atoms with Crippen LogP contribution in [-0.2, 0) is 19.5 Å². The summed E-state index contributed by atoms with van der Waals surface area (Å²) in [5.41, 5.74) is 0.426. The second-order valence-electron chi connectivity index (χ2n) is 9.26. The van der Waals surface area contributed by atoms with Crippen molar-refractivity contribution < 1.29 is 26.7 Å². The molecule has 14 heteroatoms. The monoisotopic (exact) mass is 512 g/mol. The summed E-state index contributed by atoms with van der Waals surface area (Å²) in [6, 6.07) is 1.64. The molecule has 0 radical (unpaired) electrons. The summed E-state index contributed by atoms with van der Waals surface area (Å²) in [5, 5.41) is 7.19. The molecule has 5 heterocycles. The van der Waals surface area contributed by atoms with Gasteiger partial charge in [0.25, 0.3) is 6.43 Å². The molecule has 2 aliphatic heterocycles. The Kier molecular flexibility index (Phi) is 4.98. The predicted molar refractivity (Wildman–Crippen MR) is 119 cm³/mol. The lowest BCUT2D eigenvalue weighted by Crippen LogP contribution is -2.63. The number of aromatic nitrogens is 4. The number of ether oxygens (including phenoxy) is 2. The van der Waals surface area contributed by atoms with Crippen molar-refractivity contribution in [1.29, 1.82) is 0 Å². The molecule has 0 amide bonds. The molecule has 34 heavy (non-hydrogen) atoms. The maximum atomic E-state index is 13.3. The van der Waals surface area contributed by atoms with E-state index in [2.05, 4.69) is 24.8 Å². The molecule has 1 N–H and O–H groups in total. The molecule has 1 spiro atoms. The number of anilines is 1. The Morgan fingerprint density at radius 1 is 1.26 bits per heavy atom. The van der Waals surface area contributed by atoms with Crippen LogP contribution in [0.4, 0.5) is 14.5 Å². The maximum Gasteiger partial charge on any atom is 0.291 e. The number of pyridine rings is 1. The van der Waals surface area contributed by atoms with Crippen LogP contribution in [0.1, 0.15) is 31.2 Å². The van der Waals surface area contributed by atoms with Crippen molar-refractivity contribution in [1.82, 2.24) is 24.3 Å². The first-order chi connectivity index (χ1) is 16.2. The van der Waals surface area contributed by atoms with Crippen LogP contribution < -0.4 is 9.62 Å². The topological polar surface area (TPSA) is 111 Å².